The summed E-state index contributed by atoms with van der Waals surface area (Å²) in [5.74, 6) is 0.586. The largest absolute Gasteiger partial charge is 0.330 e. The minimum atomic E-state index is 0.586. The zero-order valence-corrected chi connectivity index (χ0v) is 11.2. The van der Waals surface area contributed by atoms with E-state index in [1.165, 1.54) is 22.3 Å². The molecular weight excluding hydrogens is 218 g/mol. The maximum absolute atomic E-state index is 5.60. The zero-order chi connectivity index (χ0) is 13.0. The standard InChI is InChI=1S/C17H21N/c1-13(2)15-6-8-16(9-7-15)17-5-3-4-14(12-17)10-11-18/h3-9,12-13H,10-11,18H2,1-2H3. The summed E-state index contributed by atoms with van der Waals surface area (Å²) in [4.78, 5) is 0. The Morgan fingerprint density at radius 1 is 0.944 bits per heavy atom. The van der Waals surface area contributed by atoms with Crippen LogP contribution in [0.1, 0.15) is 30.9 Å². The average molecular weight is 239 g/mol. The lowest BCUT2D eigenvalue weighted by atomic mass is 9.97. The van der Waals surface area contributed by atoms with E-state index in [-0.39, 0.29) is 0 Å². The first-order valence-electron chi connectivity index (χ1n) is 6.60. The molecule has 0 aromatic heterocycles. The average Bonchev–Trinajstić information content (AvgIpc) is 2.39. The van der Waals surface area contributed by atoms with E-state index in [9.17, 15) is 0 Å². The molecule has 2 rings (SSSR count). The molecule has 0 bridgehead atoms. The molecule has 18 heavy (non-hydrogen) atoms. The van der Waals surface area contributed by atoms with E-state index in [4.69, 9.17) is 5.73 Å². The van der Waals surface area contributed by atoms with Gasteiger partial charge in [0, 0.05) is 0 Å². The predicted octanol–water partition coefficient (Wildman–Crippen LogP) is 3.98. The molecule has 1 nitrogen and oxygen atoms in total. The fourth-order valence-corrected chi connectivity index (χ4v) is 2.13. The Morgan fingerprint density at radius 2 is 1.67 bits per heavy atom. The predicted molar refractivity (Wildman–Crippen MR) is 78.7 cm³/mol. The lowest BCUT2D eigenvalue weighted by Gasteiger charge is -2.08. The summed E-state index contributed by atoms with van der Waals surface area (Å²) in [6.45, 7) is 5.14. The lowest BCUT2D eigenvalue weighted by molar-refractivity contribution is 0.867. The fourth-order valence-electron chi connectivity index (χ4n) is 2.13. The molecule has 94 valence electrons. The molecule has 2 aromatic rings. The monoisotopic (exact) mass is 239 g/mol. The first-order chi connectivity index (χ1) is 8.70. The van der Waals surface area contributed by atoms with E-state index in [0.29, 0.717) is 12.5 Å². The van der Waals surface area contributed by atoms with E-state index in [0.717, 1.165) is 6.42 Å². The Labute approximate surface area is 110 Å². The second-order valence-electron chi connectivity index (χ2n) is 5.02. The summed E-state index contributed by atoms with van der Waals surface area (Å²) >= 11 is 0. The van der Waals surface area contributed by atoms with Gasteiger partial charge in [-0.1, -0.05) is 62.4 Å². The van der Waals surface area contributed by atoms with Gasteiger partial charge in [0.25, 0.3) is 0 Å². The Balaban J connectivity index is 2.27. The molecule has 0 amide bonds. The van der Waals surface area contributed by atoms with Crippen molar-refractivity contribution in [1.29, 1.82) is 0 Å². The number of hydrogen-bond acceptors (Lipinski definition) is 1. The third-order valence-electron chi connectivity index (χ3n) is 3.27. The Kier molecular flexibility index (Phi) is 4.16. The van der Waals surface area contributed by atoms with Crippen molar-refractivity contribution in [3.05, 3.63) is 59.7 Å². The van der Waals surface area contributed by atoms with Crippen molar-refractivity contribution in [3.63, 3.8) is 0 Å². The summed E-state index contributed by atoms with van der Waals surface area (Å²) in [7, 11) is 0. The molecule has 0 saturated heterocycles. The van der Waals surface area contributed by atoms with Crippen LogP contribution in [-0.4, -0.2) is 6.54 Å². The van der Waals surface area contributed by atoms with Gasteiger partial charge in [-0.05, 0) is 41.1 Å². The topological polar surface area (TPSA) is 26.0 Å². The van der Waals surface area contributed by atoms with Crippen molar-refractivity contribution < 1.29 is 0 Å². The van der Waals surface area contributed by atoms with Crippen LogP contribution in [0.15, 0.2) is 48.5 Å². The highest BCUT2D eigenvalue weighted by atomic mass is 14.5. The second kappa shape index (κ2) is 5.83. The van der Waals surface area contributed by atoms with Gasteiger partial charge >= 0.3 is 0 Å². The molecule has 0 spiro atoms. The number of rotatable bonds is 4. The van der Waals surface area contributed by atoms with E-state index < -0.39 is 0 Å². The van der Waals surface area contributed by atoms with Crippen molar-refractivity contribution in [2.45, 2.75) is 26.2 Å². The van der Waals surface area contributed by atoms with Crippen LogP contribution in [0.3, 0.4) is 0 Å². The van der Waals surface area contributed by atoms with Crippen molar-refractivity contribution in [2.24, 2.45) is 5.73 Å². The number of benzene rings is 2. The van der Waals surface area contributed by atoms with Crippen LogP contribution in [0.5, 0.6) is 0 Å². The van der Waals surface area contributed by atoms with Crippen LogP contribution in [0.25, 0.3) is 11.1 Å². The van der Waals surface area contributed by atoms with Crippen LogP contribution in [-0.2, 0) is 6.42 Å². The molecule has 0 radical (unpaired) electrons. The van der Waals surface area contributed by atoms with Crippen molar-refractivity contribution >= 4 is 0 Å². The number of hydrogen-bond donors (Lipinski definition) is 1. The molecule has 0 aliphatic heterocycles. The molecule has 0 unspecified atom stereocenters. The van der Waals surface area contributed by atoms with Crippen LogP contribution in [0, 0.1) is 0 Å². The smallest absolute Gasteiger partial charge is 0.00367 e. The molecule has 0 fully saturated rings. The highest BCUT2D eigenvalue weighted by molar-refractivity contribution is 5.64. The lowest BCUT2D eigenvalue weighted by Crippen LogP contribution is -2.02. The highest BCUT2D eigenvalue weighted by Gasteiger charge is 2.01. The highest BCUT2D eigenvalue weighted by Crippen LogP contribution is 2.23. The molecule has 0 atom stereocenters. The molecule has 2 aromatic carbocycles. The SMILES string of the molecule is CC(C)c1ccc(-c2cccc(CCN)c2)cc1. The van der Waals surface area contributed by atoms with Crippen LogP contribution in [0.2, 0.25) is 0 Å². The maximum Gasteiger partial charge on any atom is -0.00367 e. The summed E-state index contributed by atoms with van der Waals surface area (Å²) in [6.07, 6.45) is 0.942. The van der Waals surface area contributed by atoms with Gasteiger partial charge in [0.05, 0.1) is 0 Å². The van der Waals surface area contributed by atoms with Crippen molar-refractivity contribution in [3.8, 4) is 11.1 Å². The Hall–Kier alpha value is -1.60. The van der Waals surface area contributed by atoms with E-state index >= 15 is 0 Å². The molecule has 0 aliphatic carbocycles. The third kappa shape index (κ3) is 2.99. The number of nitrogens with two attached hydrogens (primary N) is 1. The summed E-state index contributed by atoms with van der Waals surface area (Å²) in [5, 5.41) is 0. The van der Waals surface area contributed by atoms with Gasteiger partial charge in [-0.25, -0.2) is 0 Å². The van der Waals surface area contributed by atoms with E-state index in [1.807, 2.05) is 0 Å². The molecular formula is C17H21N. The second-order valence-corrected chi connectivity index (χ2v) is 5.02. The molecule has 2 N–H and O–H groups in total. The van der Waals surface area contributed by atoms with Gasteiger partial charge in [-0.15, -0.1) is 0 Å². The van der Waals surface area contributed by atoms with Crippen molar-refractivity contribution in [1.82, 2.24) is 0 Å². The quantitative estimate of drug-likeness (QED) is 0.858. The first kappa shape index (κ1) is 12.8. The summed E-state index contributed by atoms with van der Waals surface area (Å²) < 4.78 is 0. The van der Waals surface area contributed by atoms with Gasteiger partial charge in [-0.2, -0.15) is 0 Å². The minimum Gasteiger partial charge on any atom is -0.330 e. The Morgan fingerprint density at radius 3 is 2.28 bits per heavy atom. The van der Waals surface area contributed by atoms with Crippen LogP contribution in [0.4, 0.5) is 0 Å². The normalized spacial score (nSPS) is 10.9. The van der Waals surface area contributed by atoms with Gasteiger partial charge in [0.1, 0.15) is 0 Å². The maximum atomic E-state index is 5.60. The van der Waals surface area contributed by atoms with Gasteiger partial charge in [-0.3, -0.25) is 0 Å². The van der Waals surface area contributed by atoms with Crippen LogP contribution < -0.4 is 5.73 Å². The molecule has 0 saturated carbocycles. The summed E-state index contributed by atoms with van der Waals surface area (Å²) in [6, 6.07) is 17.5. The Bertz CT molecular complexity index is 497. The minimum absolute atomic E-state index is 0.586. The van der Waals surface area contributed by atoms with Gasteiger partial charge in [0.2, 0.25) is 0 Å². The van der Waals surface area contributed by atoms with Gasteiger partial charge < -0.3 is 5.73 Å². The fraction of sp³-hybridized carbons (Fsp3) is 0.294. The van der Waals surface area contributed by atoms with E-state index in [1.54, 1.807) is 0 Å². The molecule has 0 heterocycles. The van der Waals surface area contributed by atoms with Crippen molar-refractivity contribution in [2.75, 3.05) is 6.54 Å². The zero-order valence-electron chi connectivity index (χ0n) is 11.2. The van der Waals surface area contributed by atoms with Gasteiger partial charge in [0.15, 0.2) is 0 Å². The van der Waals surface area contributed by atoms with E-state index in [2.05, 4.69) is 62.4 Å². The first-order valence-corrected chi connectivity index (χ1v) is 6.60. The summed E-state index contributed by atoms with van der Waals surface area (Å²) in [5.41, 5.74) is 10.8. The molecule has 1 heteroatoms. The molecule has 0 aliphatic rings. The van der Waals surface area contributed by atoms with Crippen LogP contribution >= 0.6 is 0 Å². The third-order valence-corrected chi connectivity index (χ3v) is 3.27.